The second-order valence-corrected chi connectivity index (χ2v) is 32.9. The number of fused-ring (bicyclic) bond motifs is 8. The van der Waals surface area contributed by atoms with Gasteiger partial charge in [-0.25, -0.2) is 26.3 Å². The monoisotopic (exact) mass is 1280 g/mol. The Morgan fingerprint density at radius 3 is 1.38 bits per heavy atom. The van der Waals surface area contributed by atoms with Gasteiger partial charge in [0.05, 0.1) is 47.3 Å². The van der Waals surface area contributed by atoms with Gasteiger partial charge in [0.25, 0.3) is 11.8 Å². The van der Waals surface area contributed by atoms with Gasteiger partial charge in [0, 0.05) is 58.2 Å². The van der Waals surface area contributed by atoms with Gasteiger partial charge in [-0.05, 0) is 220 Å². The fourth-order valence-electron chi connectivity index (χ4n) is 16.3. The smallest absolute Gasteiger partial charge is 0.264 e. The van der Waals surface area contributed by atoms with Crippen LogP contribution in [0.25, 0.3) is 0 Å². The Balaban J connectivity index is 0.000000162. The molecule has 0 aromatic heterocycles. The number of halogens is 2. The number of hydrogen-bond donors (Lipinski definition) is 4. The van der Waals surface area contributed by atoms with Crippen LogP contribution in [0.2, 0.25) is 10.0 Å². The highest BCUT2D eigenvalue weighted by Crippen LogP contribution is 2.50. The number of sulfonamides is 2. The van der Waals surface area contributed by atoms with E-state index in [1.807, 2.05) is 62.4 Å². The fraction of sp³-hybridized carbons (Fsp3) is 0.571. The van der Waals surface area contributed by atoms with Gasteiger partial charge in [0.1, 0.15) is 11.5 Å². The Bertz CT molecular complexity index is 3380. The van der Waals surface area contributed by atoms with Crippen molar-refractivity contribution in [1.29, 1.82) is 0 Å². The molecule has 472 valence electrons. The van der Waals surface area contributed by atoms with E-state index < -0.39 is 54.6 Å². The SMILES string of the molecule is C[C@@H]1C/C=C\[C@@H](O)[C@@H]2CC[C@H]2CN2C[C@@]3(CCCc4cc(Cl)ccc43)COc3ccc(cc32)C(=O)NS(=O)(=O)[C@H]1CC1CC1.C[C@H]1C/C=C\[C@@H](O)[C@@H]2CC[C@H]2CN2C[C@@]3(CCCc4cc(Cl)ccc43)COc3ccc(cc32)C(=O)NS(=O)(=O)[C@H]1CC1CC1. The number of carbonyl (C=O) groups is 2. The maximum absolute atomic E-state index is 13.7. The fourth-order valence-corrected chi connectivity index (χ4v) is 20.2. The van der Waals surface area contributed by atoms with E-state index in [9.17, 15) is 36.6 Å². The highest BCUT2D eigenvalue weighted by Gasteiger charge is 2.48. The van der Waals surface area contributed by atoms with Crippen LogP contribution in [0.5, 0.6) is 11.5 Å². The topological polar surface area (TPSA) is 192 Å². The number of nitrogens with zero attached hydrogens (tertiary/aromatic N) is 2. The quantitative estimate of drug-likeness (QED) is 0.142. The van der Waals surface area contributed by atoms with E-state index >= 15 is 0 Å². The van der Waals surface area contributed by atoms with Crippen LogP contribution in [0.4, 0.5) is 11.4 Å². The lowest BCUT2D eigenvalue weighted by atomic mass is 9.68. The van der Waals surface area contributed by atoms with Crippen molar-refractivity contribution in [2.45, 2.75) is 163 Å². The molecular formula is C70H86Cl2N4O10S2. The number of ether oxygens (including phenoxy) is 2. The number of aryl methyl sites for hydroxylation is 2. The third-order valence-electron chi connectivity index (χ3n) is 22.1. The number of allylic oxidation sites excluding steroid dienone is 2. The summed E-state index contributed by atoms with van der Waals surface area (Å²) in [6.45, 7) is 7.74. The van der Waals surface area contributed by atoms with Crippen molar-refractivity contribution in [3.63, 3.8) is 0 Å². The highest BCUT2D eigenvalue weighted by molar-refractivity contribution is 7.91. The van der Waals surface area contributed by atoms with Crippen LogP contribution in [0.1, 0.15) is 160 Å². The Labute approximate surface area is 530 Å². The summed E-state index contributed by atoms with van der Waals surface area (Å²) < 4.78 is 72.8. The molecule has 4 N–H and O–H groups in total. The molecule has 4 aromatic rings. The Kier molecular flexibility index (Phi) is 17.4. The van der Waals surface area contributed by atoms with Crippen LogP contribution in [-0.2, 0) is 43.7 Å². The predicted molar refractivity (Wildman–Crippen MR) is 346 cm³/mol. The van der Waals surface area contributed by atoms with E-state index in [0.717, 1.165) is 124 Å². The number of rotatable bonds is 4. The molecule has 18 heteroatoms. The van der Waals surface area contributed by atoms with Gasteiger partial charge < -0.3 is 29.5 Å². The van der Waals surface area contributed by atoms with Crippen molar-refractivity contribution in [2.24, 2.45) is 47.3 Å². The molecule has 4 bridgehead atoms. The summed E-state index contributed by atoms with van der Waals surface area (Å²) in [5, 5.41) is 22.6. The van der Waals surface area contributed by atoms with E-state index in [1.165, 1.54) is 22.3 Å². The standard InChI is InChI=1S/2C35H43ClN2O5S/c2*1-22-4-2-6-31(39)28-12-9-26(28)19-38-20-35(15-3-5-24-17-27(36)11-13-29(24)35)21-43-32-14-10-25(18-30(32)38)34(40)37-44(41,42)33(22)16-23-7-8-23/h2*2,6,10-11,13-14,17-18,22-23,26,28,31,33,39H,3-5,7-9,12,15-16,19-21H2,1H3,(H,37,40)/b2*6-2-/t22-,26+,28-,31-,33+,35+;22-,26-,28+,31+,33-,35-/m10/s1. The molecule has 6 aliphatic carbocycles. The lowest BCUT2D eigenvalue weighted by Gasteiger charge is -2.45. The maximum atomic E-state index is 13.7. The number of nitrogens with one attached hydrogen (secondary N) is 2. The summed E-state index contributed by atoms with van der Waals surface area (Å²) in [7, 11) is -7.86. The molecule has 0 saturated heterocycles. The van der Waals surface area contributed by atoms with Gasteiger partial charge in [0.2, 0.25) is 20.0 Å². The lowest BCUT2D eigenvalue weighted by Crippen LogP contribution is -2.49. The van der Waals surface area contributed by atoms with Crippen LogP contribution in [-0.4, -0.2) is 101 Å². The largest absolute Gasteiger partial charge is 0.490 e. The number of benzene rings is 4. The summed E-state index contributed by atoms with van der Waals surface area (Å²) in [5.41, 5.74) is 6.76. The predicted octanol–water partition coefficient (Wildman–Crippen LogP) is 12.0. The molecule has 2 amide bonds. The van der Waals surface area contributed by atoms with Crippen LogP contribution in [0, 0.1) is 47.3 Å². The van der Waals surface area contributed by atoms with Crippen LogP contribution in [0.15, 0.2) is 97.1 Å². The van der Waals surface area contributed by atoms with E-state index in [1.54, 1.807) is 24.3 Å². The second kappa shape index (κ2) is 24.8. The number of aliphatic hydroxyl groups excluding tert-OH is 2. The first-order valence-electron chi connectivity index (χ1n) is 32.7. The highest BCUT2D eigenvalue weighted by atomic mass is 35.5. The Hall–Kier alpha value is -5.10. The molecule has 4 aromatic carbocycles. The molecule has 4 saturated carbocycles. The molecule has 2 spiro atoms. The van der Waals surface area contributed by atoms with Crippen molar-refractivity contribution in [2.75, 3.05) is 49.2 Å². The number of carbonyl (C=O) groups excluding carboxylic acids is 2. The maximum Gasteiger partial charge on any atom is 0.264 e. The van der Waals surface area contributed by atoms with Crippen LogP contribution >= 0.6 is 23.2 Å². The van der Waals surface area contributed by atoms with Crippen molar-refractivity contribution >= 4 is 66.4 Å². The molecule has 4 heterocycles. The molecule has 14 nitrogen and oxygen atoms in total. The van der Waals surface area contributed by atoms with Gasteiger partial charge in [-0.1, -0.05) is 99.2 Å². The first-order chi connectivity index (χ1) is 42.2. The molecule has 0 unspecified atom stereocenters. The molecule has 14 rings (SSSR count). The van der Waals surface area contributed by atoms with Gasteiger partial charge in [0.15, 0.2) is 0 Å². The molecule has 88 heavy (non-hydrogen) atoms. The molecule has 4 aliphatic heterocycles. The average molecular weight is 1280 g/mol. The zero-order valence-corrected chi connectivity index (χ0v) is 53.9. The number of hydrogen-bond acceptors (Lipinski definition) is 12. The van der Waals surface area contributed by atoms with Gasteiger partial charge >= 0.3 is 0 Å². The zero-order valence-electron chi connectivity index (χ0n) is 50.8. The van der Waals surface area contributed by atoms with Crippen molar-refractivity contribution in [3.05, 3.63) is 141 Å². The number of anilines is 2. The van der Waals surface area contributed by atoms with E-state index in [2.05, 4.69) is 43.5 Å². The Morgan fingerprint density at radius 1 is 0.568 bits per heavy atom. The minimum absolute atomic E-state index is 0.132. The van der Waals surface area contributed by atoms with E-state index in [4.69, 9.17) is 32.7 Å². The van der Waals surface area contributed by atoms with E-state index in [0.29, 0.717) is 86.4 Å². The molecule has 4 fully saturated rings. The minimum atomic E-state index is -3.93. The first-order valence-corrected chi connectivity index (χ1v) is 36.5. The van der Waals surface area contributed by atoms with Gasteiger partial charge in [-0.2, -0.15) is 0 Å². The average Bonchev–Trinajstić information content (AvgIpc) is 1.57. The minimum Gasteiger partial charge on any atom is -0.490 e. The summed E-state index contributed by atoms with van der Waals surface area (Å²) >= 11 is 12.8. The first kappa shape index (κ1) is 61.7. The van der Waals surface area contributed by atoms with Gasteiger partial charge in [-0.3, -0.25) is 9.59 Å². The van der Waals surface area contributed by atoms with Crippen molar-refractivity contribution in [1.82, 2.24) is 9.44 Å². The number of aliphatic hydroxyl groups is 2. The number of amides is 2. The zero-order chi connectivity index (χ0) is 61.3. The summed E-state index contributed by atoms with van der Waals surface area (Å²) in [6, 6.07) is 23.0. The van der Waals surface area contributed by atoms with E-state index in [-0.39, 0.29) is 46.3 Å². The normalized spacial score (nSPS) is 34.0. The van der Waals surface area contributed by atoms with Crippen molar-refractivity contribution < 1.29 is 46.1 Å². The second-order valence-electron chi connectivity index (χ2n) is 28.2. The Morgan fingerprint density at radius 2 is 0.989 bits per heavy atom. The molecular weight excluding hydrogens is 1190 g/mol. The molecule has 0 radical (unpaired) electrons. The molecule has 12 atom stereocenters. The summed E-state index contributed by atoms with van der Waals surface area (Å²) in [6.07, 6.45) is 22.7. The van der Waals surface area contributed by atoms with Gasteiger partial charge in [-0.15, -0.1) is 0 Å². The summed E-state index contributed by atoms with van der Waals surface area (Å²) in [5.74, 6) is 1.43. The third kappa shape index (κ3) is 12.8. The third-order valence-corrected chi connectivity index (χ3v) is 26.4. The van der Waals surface area contributed by atoms with Crippen molar-refractivity contribution in [3.8, 4) is 11.5 Å². The van der Waals surface area contributed by atoms with Crippen LogP contribution < -0.4 is 28.7 Å². The van der Waals surface area contributed by atoms with Crippen LogP contribution in [0.3, 0.4) is 0 Å². The summed E-state index contributed by atoms with van der Waals surface area (Å²) in [4.78, 5) is 31.9. The molecule has 10 aliphatic rings. The lowest BCUT2D eigenvalue weighted by molar-refractivity contribution is 0.0454.